The number of rotatable bonds is 70. The van der Waals surface area contributed by atoms with Crippen LogP contribution in [0, 0.1) is 0 Å². The minimum atomic E-state index is -0.665. The van der Waals surface area contributed by atoms with Crippen molar-refractivity contribution in [3.63, 3.8) is 0 Å². The second-order valence-electron chi connectivity index (χ2n) is 25.6. The van der Waals surface area contributed by atoms with Crippen LogP contribution >= 0.6 is 0 Å². The van der Waals surface area contributed by atoms with Crippen molar-refractivity contribution in [2.24, 2.45) is 0 Å². The number of carbonyl (C=O) groups excluding carboxylic acids is 2. The van der Waals surface area contributed by atoms with Crippen LogP contribution in [0.25, 0.3) is 0 Å². The number of allylic oxidation sites excluding steroid dienone is 2. The minimum Gasteiger partial charge on any atom is -0.466 e. The summed E-state index contributed by atoms with van der Waals surface area (Å²) in [6.07, 6.45) is 86.9. The summed E-state index contributed by atoms with van der Waals surface area (Å²) in [5.74, 6) is -0.0164. The second-order valence-corrected chi connectivity index (χ2v) is 25.6. The summed E-state index contributed by atoms with van der Waals surface area (Å²) in [5.41, 5.74) is 0. The predicted octanol–water partition coefficient (Wildman–Crippen LogP) is 23.9. The van der Waals surface area contributed by atoms with Crippen molar-refractivity contribution < 1.29 is 24.5 Å². The lowest BCUT2D eigenvalue weighted by atomic mass is 10.0. The van der Waals surface area contributed by atoms with Gasteiger partial charge in [-0.15, -0.1) is 0 Å². The van der Waals surface area contributed by atoms with Crippen LogP contribution in [0.3, 0.4) is 0 Å². The molecule has 0 aromatic rings. The van der Waals surface area contributed by atoms with Gasteiger partial charge in [-0.1, -0.05) is 373 Å². The molecular formula is C74H145NO5. The Bertz CT molecular complexity index is 1210. The zero-order chi connectivity index (χ0) is 57.8. The molecule has 6 nitrogen and oxygen atoms in total. The van der Waals surface area contributed by atoms with Gasteiger partial charge in [0.15, 0.2) is 0 Å². The monoisotopic (exact) mass is 1130 g/mol. The maximum atomic E-state index is 12.6. The van der Waals surface area contributed by atoms with E-state index in [0.29, 0.717) is 25.9 Å². The van der Waals surface area contributed by atoms with E-state index < -0.39 is 12.1 Å². The first-order valence-corrected chi connectivity index (χ1v) is 36.9. The molecule has 2 atom stereocenters. The third kappa shape index (κ3) is 65.7. The molecule has 0 spiro atoms. The van der Waals surface area contributed by atoms with Crippen LogP contribution in [0.4, 0.5) is 0 Å². The first-order valence-electron chi connectivity index (χ1n) is 36.9. The average Bonchev–Trinajstić information content (AvgIpc) is 3.46. The summed E-state index contributed by atoms with van der Waals surface area (Å²) in [5, 5.41) is 23.5. The topological polar surface area (TPSA) is 95.9 Å². The third-order valence-corrected chi connectivity index (χ3v) is 17.6. The van der Waals surface area contributed by atoms with Crippen molar-refractivity contribution in [3.8, 4) is 0 Å². The van der Waals surface area contributed by atoms with Gasteiger partial charge in [0.2, 0.25) is 5.91 Å². The molecule has 3 N–H and O–H groups in total. The van der Waals surface area contributed by atoms with E-state index in [2.05, 4.69) is 31.3 Å². The van der Waals surface area contributed by atoms with E-state index in [9.17, 15) is 19.8 Å². The molecule has 0 radical (unpaired) electrons. The van der Waals surface area contributed by atoms with Crippen molar-refractivity contribution in [2.75, 3.05) is 13.2 Å². The van der Waals surface area contributed by atoms with Gasteiger partial charge in [0.1, 0.15) is 0 Å². The van der Waals surface area contributed by atoms with Crippen molar-refractivity contribution >= 4 is 11.9 Å². The molecule has 0 bridgehead atoms. The van der Waals surface area contributed by atoms with Gasteiger partial charge in [-0.3, -0.25) is 9.59 Å². The summed E-state index contributed by atoms with van der Waals surface area (Å²) < 4.78 is 5.50. The van der Waals surface area contributed by atoms with Crippen molar-refractivity contribution in [3.05, 3.63) is 12.2 Å². The second kappa shape index (κ2) is 70.1. The van der Waals surface area contributed by atoms with Gasteiger partial charge in [-0.05, 0) is 51.4 Å². The Hall–Kier alpha value is -1.40. The maximum Gasteiger partial charge on any atom is 0.305 e. The normalized spacial score (nSPS) is 12.5. The first kappa shape index (κ1) is 78.6. The van der Waals surface area contributed by atoms with Crippen molar-refractivity contribution in [1.29, 1.82) is 0 Å². The van der Waals surface area contributed by atoms with Gasteiger partial charge in [-0.2, -0.15) is 0 Å². The average molecular weight is 1130 g/mol. The maximum absolute atomic E-state index is 12.6. The molecular weight excluding hydrogens is 983 g/mol. The number of hydrogen-bond acceptors (Lipinski definition) is 5. The highest BCUT2D eigenvalue weighted by Gasteiger charge is 2.20. The number of aliphatic hydroxyl groups excluding tert-OH is 2. The van der Waals surface area contributed by atoms with Gasteiger partial charge in [0.05, 0.1) is 25.4 Å². The molecule has 80 heavy (non-hydrogen) atoms. The summed E-state index contributed by atoms with van der Waals surface area (Å²) in [6, 6.07) is -0.542. The molecule has 2 unspecified atom stereocenters. The molecule has 0 aliphatic carbocycles. The Balaban J connectivity index is 3.36. The standard InChI is InChI=1S/C74H145NO5/c1-3-5-7-9-11-13-15-17-19-21-22-23-25-28-31-35-38-42-46-50-54-58-62-66-72(77)71(70-76)75-73(78)67-63-59-55-51-47-43-39-36-32-29-26-24-27-30-33-37-41-45-49-53-57-61-65-69-80-74(79)68-64-60-56-52-48-44-40-34-20-18-16-14-12-10-8-6-4-2/h18,20,71-72,76-77H,3-17,19,21-70H2,1-2H3,(H,75,78)/b20-18-. The fourth-order valence-electron chi connectivity index (χ4n) is 11.9. The van der Waals surface area contributed by atoms with Crippen LogP contribution in [0.15, 0.2) is 12.2 Å². The SMILES string of the molecule is CCCCCCCC/C=C\CCCCCCCCCC(=O)OCCCCCCCCCCCCCCCCCCCCCCCCCC(=O)NC(CO)C(O)CCCCCCCCCCCCCCCCCCCCCCCCC. The van der Waals surface area contributed by atoms with E-state index in [-0.39, 0.29) is 18.5 Å². The number of esters is 1. The molecule has 0 aromatic carbocycles. The highest BCUT2D eigenvalue weighted by molar-refractivity contribution is 5.76. The van der Waals surface area contributed by atoms with Crippen molar-refractivity contribution in [1.82, 2.24) is 5.32 Å². The van der Waals surface area contributed by atoms with Gasteiger partial charge in [0.25, 0.3) is 0 Å². The first-order chi connectivity index (χ1) is 39.5. The number of amides is 1. The Morgan fingerprint density at radius 1 is 0.338 bits per heavy atom. The van der Waals surface area contributed by atoms with Crippen LogP contribution in [-0.4, -0.2) is 47.4 Å². The van der Waals surface area contributed by atoms with Gasteiger partial charge < -0.3 is 20.3 Å². The fourth-order valence-corrected chi connectivity index (χ4v) is 11.9. The zero-order valence-corrected chi connectivity index (χ0v) is 54.6. The van der Waals surface area contributed by atoms with Gasteiger partial charge in [0, 0.05) is 12.8 Å². The lowest BCUT2D eigenvalue weighted by Crippen LogP contribution is -2.45. The van der Waals surface area contributed by atoms with Gasteiger partial charge in [-0.25, -0.2) is 0 Å². The fraction of sp³-hybridized carbons (Fsp3) is 0.946. The summed E-state index contributed by atoms with van der Waals surface area (Å²) in [6.45, 7) is 5.00. The molecule has 0 aliphatic heterocycles. The number of hydrogen-bond donors (Lipinski definition) is 3. The molecule has 0 heterocycles. The van der Waals surface area contributed by atoms with E-state index in [4.69, 9.17) is 4.74 Å². The van der Waals surface area contributed by atoms with Crippen LogP contribution in [0.5, 0.6) is 0 Å². The number of carbonyl (C=O) groups is 2. The zero-order valence-electron chi connectivity index (χ0n) is 54.6. The molecule has 0 rings (SSSR count). The van der Waals surface area contributed by atoms with Crippen LogP contribution in [0.1, 0.15) is 425 Å². The van der Waals surface area contributed by atoms with E-state index >= 15 is 0 Å². The minimum absolute atomic E-state index is 0.0125. The lowest BCUT2D eigenvalue weighted by molar-refractivity contribution is -0.143. The Labute approximate surface area is 501 Å². The number of aliphatic hydroxyl groups is 2. The molecule has 476 valence electrons. The predicted molar refractivity (Wildman–Crippen MR) is 352 cm³/mol. The van der Waals surface area contributed by atoms with E-state index in [0.717, 1.165) is 44.9 Å². The molecule has 6 heteroatoms. The lowest BCUT2D eigenvalue weighted by Gasteiger charge is -2.22. The molecule has 0 saturated carbocycles. The van der Waals surface area contributed by atoms with Crippen molar-refractivity contribution in [2.45, 2.75) is 437 Å². The van der Waals surface area contributed by atoms with E-state index in [1.807, 2.05) is 0 Å². The molecule has 1 amide bonds. The number of unbranched alkanes of at least 4 members (excludes halogenated alkanes) is 57. The molecule has 0 saturated heterocycles. The quantitative estimate of drug-likeness (QED) is 0.0320. The Kier molecular flexibility index (Phi) is 68.9. The van der Waals surface area contributed by atoms with Crippen LogP contribution in [-0.2, 0) is 14.3 Å². The summed E-state index contributed by atoms with van der Waals surface area (Å²) in [4.78, 5) is 24.7. The summed E-state index contributed by atoms with van der Waals surface area (Å²) >= 11 is 0. The smallest absolute Gasteiger partial charge is 0.305 e. The van der Waals surface area contributed by atoms with Crippen LogP contribution in [0.2, 0.25) is 0 Å². The van der Waals surface area contributed by atoms with Crippen LogP contribution < -0.4 is 5.32 Å². The number of nitrogens with one attached hydrogen (secondary N) is 1. The Morgan fingerprint density at radius 2 is 0.588 bits per heavy atom. The largest absolute Gasteiger partial charge is 0.466 e. The van der Waals surface area contributed by atoms with Gasteiger partial charge >= 0.3 is 5.97 Å². The number of ether oxygens (including phenoxy) is 1. The Morgan fingerprint density at radius 3 is 0.887 bits per heavy atom. The highest BCUT2D eigenvalue weighted by Crippen LogP contribution is 2.20. The highest BCUT2D eigenvalue weighted by atomic mass is 16.5. The summed E-state index contributed by atoms with van der Waals surface area (Å²) in [7, 11) is 0. The van der Waals surface area contributed by atoms with E-state index in [1.54, 1.807) is 0 Å². The molecule has 0 aliphatic rings. The third-order valence-electron chi connectivity index (χ3n) is 17.6. The molecule has 0 fully saturated rings. The molecule has 0 aromatic heterocycles. The van der Waals surface area contributed by atoms with E-state index in [1.165, 1.54) is 347 Å².